The van der Waals surface area contributed by atoms with E-state index >= 15 is 0 Å². The van der Waals surface area contributed by atoms with Crippen molar-refractivity contribution in [2.75, 3.05) is 5.32 Å². The van der Waals surface area contributed by atoms with Crippen molar-refractivity contribution in [2.45, 2.75) is 26.7 Å². The predicted octanol–water partition coefficient (Wildman–Crippen LogP) is 4.73. The van der Waals surface area contributed by atoms with Gasteiger partial charge in [0.15, 0.2) is 0 Å². The number of H-pyrrole nitrogens is 1. The Morgan fingerprint density at radius 1 is 1.15 bits per heavy atom. The van der Waals surface area contributed by atoms with Crippen LogP contribution in [0.1, 0.15) is 28.2 Å². The second kappa shape index (κ2) is 8.59. The summed E-state index contributed by atoms with van der Waals surface area (Å²) in [5.74, 6) is -0.0380. The number of nitrogens with one attached hydrogen (secondary N) is 2. The maximum Gasteiger partial charge on any atom is 0.232 e. The number of carbonyl (C=O) groups excluding carboxylic acids is 1. The molecule has 0 aliphatic heterocycles. The van der Waals surface area contributed by atoms with E-state index in [4.69, 9.17) is 0 Å². The first-order valence-corrected chi connectivity index (χ1v) is 11.3. The van der Waals surface area contributed by atoms with E-state index in [2.05, 4.69) is 25.4 Å². The molecule has 0 radical (unpaired) electrons. The molecular weight excluding hydrogens is 439 g/mol. The summed E-state index contributed by atoms with van der Waals surface area (Å²) in [6, 6.07) is 14.2. The van der Waals surface area contributed by atoms with E-state index in [0.29, 0.717) is 23.2 Å². The smallest absolute Gasteiger partial charge is 0.232 e. The quantitative estimate of drug-likeness (QED) is 0.383. The molecule has 0 fully saturated rings. The molecule has 0 aliphatic carbocycles. The van der Waals surface area contributed by atoms with E-state index in [0.717, 1.165) is 33.5 Å². The predicted molar refractivity (Wildman–Crippen MR) is 126 cm³/mol. The van der Waals surface area contributed by atoms with Gasteiger partial charge >= 0.3 is 0 Å². The molecule has 33 heavy (non-hydrogen) atoms. The van der Waals surface area contributed by atoms with Gasteiger partial charge in [0.1, 0.15) is 5.82 Å². The number of anilines is 1. The van der Waals surface area contributed by atoms with E-state index < -0.39 is 0 Å². The summed E-state index contributed by atoms with van der Waals surface area (Å²) in [4.78, 5) is 24.6. The molecule has 0 atom stereocenters. The van der Waals surface area contributed by atoms with Crippen LogP contribution in [0.25, 0.3) is 16.2 Å². The van der Waals surface area contributed by atoms with Crippen molar-refractivity contribution in [2.24, 2.45) is 0 Å². The molecule has 0 saturated carbocycles. The Balaban J connectivity index is 1.30. The van der Waals surface area contributed by atoms with Gasteiger partial charge in [-0.1, -0.05) is 24.3 Å². The summed E-state index contributed by atoms with van der Waals surface area (Å²) in [5.41, 5.74) is 6.07. The molecule has 3 aromatic heterocycles. The molecular formula is C24H21FN6OS. The molecule has 2 aromatic carbocycles. The average Bonchev–Trinajstić information content (AvgIpc) is 3.47. The number of rotatable bonds is 6. The van der Waals surface area contributed by atoms with E-state index in [1.807, 2.05) is 49.6 Å². The Bertz CT molecular complexity index is 1430. The highest BCUT2D eigenvalue weighted by molar-refractivity contribution is 7.12. The van der Waals surface area contributed by atoms with Gasteiger partial charge in [-0.2, -0.15) is 5.10 Å². The first-order valence-electron chi connectivity index (χ1n) is 10.4. The number of benzene rings is 2. The number of amides is 1. The molecule has 0 unspecified atom stereocenters. The maximum atomic E-state index is 13.6. The van der Waals surface area contributed by atoms with Crippen LogP contribution in [0.4, 0.5) is 10.3 Å². The number of nitrogens with zero attached hydrogens (tertiary/aromatic N) is 4. The van der Waals surface area contributed by atoms with Crippen molar-refractivity contribution in [3.63, 3.8) is 0 Å². The molecule has 0 spiro atoms. The van der Waals surface area contributed by atoms with Gasteiger partial charge in [0.2, 0.25) is 17.0 Å². The van der Waals surface area contributed by atoms with Gasteiger partial charge in [-0.25, -0.2) is 19.0 Å². The van der Waals surface area contributed by atoms with Crippen LogP contribution in [0, 0.1) is 19.7 Å². The van der Waals surface area contributed by atoms with Gasteiger partial charge in [0.05, 0.1) is 28.8 Å². The summed E-state index contributed by atoms with van der Waals surface area (Å²) in [5, 5.41) is 9.98. The second-order valence-corrected chi connectivity index (χ2v) is 8.65. The molecule has 5 rings (SSSR count). The number of aromatic nitrogens is 5. The van der Waals surface area contributed by atoms with Crippen LogP contribution in [-0.4, -0.2) is 30.6 Å². The first kappa shape index (κ1) is 21.0. The first-order chi connectivity index (χ1) is 16.0. The van der Waals surface area contributed by atoms with Crippen molar-refractivity contribution >= 4 is 34.2 Å². The molecule has 0 saturated heterocycles. The van der Waals surface area contributed by atoms with Crippen LogP contribution >= 0.6 is 11.3 Å². The Kier molecular flexibility index (Phi) is 5.47. The van der Waals surface area contributed by atoms with Crippen molar-refractivity contribution in [3.05, 3.63) is 87.9 Å². The van der Waals surface area contributed by atoms with Crippen LogP contribution in [0.15, 0.2) is 53.9 Å². The van der Waals surface area contributed by atoms with Crippen LogP contribution < -0.4 is 5.32 Å². The lowest BCUT2D eigenvalue weighted by molar-refractivity contribution is -0.115. The highest BCUT2D eigenvalue weighted by Crippen LogP contribution is 2.24. The lowest BCUT2D eigenvalue weighted by Crippen LogP contribution is -2.15. The molecule has 7 nitrogen and oxygen atoms in total. The normalized spacial score (nSPS) is 11.2. The monoisotopic (exact) mass is 460 g/mol. The van der Waals surface area contributed by atoms with Crippen LogP contribution in [0.3, 0.4) is 0 Å². The minimum atomic E-state index is -0.249. The molecule has 166 valence electrons. The molecule has 0 bridgehead atoms. The molecule has 2 N–H and O–H groups in total. The fourth-order valence-corrected chi connectivity index (χ4v) is 4.62. The van der Waals surface area contributed by atoms with Gasteiger partial charge in [-0.15, -0.1) is 11.3 Å². The Morgan fingerprint density at radius 3 is 2.82 bits per heavy atom. The zero-order valence-electron chi connectivity index (χ0n) is 18.1. The summed E-state index contributed by atoms with van der Waals surface area (Å²) in [6.07, 6.45) is 0.719. The van der Waals surface area contributed by atoms with Crippen LogP contribution in [0.2, 0.25) is 0 Å². The standard InChI is InChI=1S/C24H21FN6OS/c1-14-19(11-16-6-5-7-17(25)10-16)15(2)31(30-14)24-26-18(13-33-24)12-22(32)29-23-27-20-8-3-4-9-21(20)28-23/h3-10,13H,11-12H2,1-2H3,(H2,27,28,29,32). The third-order valence-electron chi connectivity index (χ3n) is 5.42. The third-order valence-corrected chi connectivity index (χ3v) is 6.29. The van der Waals surface area contributed by atoms with Crippen molar-refractivity contribution in [1.29, 1.82) is 0 Å². The number of thiazole rings is 1. The fraction of sp³-hybridized carbons (Fsp3) is 0.167. The lowest BCUT2D eigenvalue weighted by Gasteiger charge is -2.04. The maximum absolute atomic E-state index is 13.6. The van der Waals surface area contributed by atoms with E-state index in [1.54, 1.807) is 16.8 Å². The number of para-hydroxylation sites is 2. The van der Waals surface area contributed by atoms with Crippen LogP contribution in [0.5, 0.6) is 0 Å². The third kappa shape index (κ3) is 4.40. The van der Waals surface area contributed by atoms with Crippen molar-refractivity contribution in [1.82, 2.24) is 24.7 Å². The summed E-state index contributed by atoms with van der Waals surface area (Å²) in [6.45, 7) is 3.91. The molecule has 9 heteroatoms. The number of carbonyl (C=O) groups is 1. The van der Waals surface area contributed by atoms with E-state index in [-0.39, 0.29) is 18.1 Å². The number of imidazole rings is 1. The largest absolute Gasteiger partial charge is 0.324 e. The number of aryl methyl sites for hydroxylation is 1. The fourth-order valence-electron chi connectivity index (χ4n) is 3.80. The zero-order valence-corrected chi connectivity index (χ0v) is 18.9. The van der Waals surface area contributed by atoms with E-state index in [1.165, 1.54) is 17.4 Å². The number of hydrogen-bond acceptors (Lipinski definition) is 5. The van der Waals surface area contributed by atoms with Gasteiger partial charge < -0.3 is 4.98 Å². The summed E-state index contributed by atoms with van der Waals surface area (Å²) >= 11 is 1.43. The van der Waals surface area contributed by atoms with Crippen LogP contribution in [-0.2, 0) is 17.6 Å². The molecule has 3 heterocycles. The minimum Gasteiger partial charge on any atom is -0.324 e. The van der Waals surface area contributed by atoms with Crippen molar-refractivity contribution in [3.8, 4) is 5.13 Å². The number of halogens is 1. The molecule has 0 aliphatic rings. The Hall–Kier alpha value is -3.85. The van der Waals surface area contributed by atoms with Gasteiger partial charge in [-0.05, 0) is 43.7 Å². The zero-order chi connectivity index (χ0) is 22.9. The summed E-state index contributed by atoms with van der Waals surface area (Å²) in [7, 11) is 0. The Morgan fingerprint density at radius 2 is 2.00 bits per heavy atom. The van der Waals surface area contributed by atoms with Crippen molar-refractivity contribution < 1.29 is 9.18 Å². The topological polar surface area (TPSA) is 88.5 Å². The second-order valence-electron chi connectivity index (χ2n) is 7.82. The van der Waals surface area contributed by atoms with Gasteiger partial charge in [0.25, 0.3) is 0 Å². The average molecular weight is 461 g/mol. The number of fused-ring (bicyclic) bond motifs is 1. The SMILES string of the molecule is Cc1nn(-c2nc(CC(=O)Nc3nc4ccccc4[nH]3)cs2)c(C)c1Cc1cccc(F)c1. The number of hydrogen-bond donors (Lipinski definition) is 2. The molecule has 5 aromatic rings. The summed E-state index contributed by atoms with van der Waals surface area (Å²) < 4.78 is 15.4. The van der Waals surface area contributed by atoms with Gasteiger partial charge in [0, 0.05) is 23.1 Å². The number of aromatic amines is 1. The minimum absolute atomic E-state index is 0.128. The highest BCUT2D eigenvalue weighted by Gasteiger charge is 2.17. The van der Waals surface area contributed by atoms with Gasteiger partial charge in [-0.3, -0.25) is 10.1 Å². The van der Waals surface area contributed by atoms with E-state index in [9.17, 15) is 9.18 Å². The lowest BCUT2D eigenvalue weighted by atomic mass is 10.0. The Labute approximate surface area is 193 Å². The molecule has 1 amide bonds. The highest BCUT2D eigenvalue weighted by atomic mass is 32.1.